The van der Waals surface area contributed by atoms with Gasteiger partial charge in [-0.3, -0.25) is 0 Å². The highest BCUT2D eigenvalue weighted by atomic mass is 32.2. The highest BCUT2D eigenvalue weighted by molar-refractivity contribution is 8.07. The van der Waals surface area contributed by atoms with E-state index in [0.29, 0.717) is 0 Å². The molecule has 2 aliphatic rings. The summed E-state index contributed by atoms with van der Waals surface area (Å²) in [6.45, 7) is 0. The largest absolute Gasteiger partial charge is 0.157 e. The lowest BCUT2D eigenvalue weighted by Gasteiger charge is -1.99. The van der Waals surface area contributed by atoms with Crippen molar-refractivity contribution in [2.24, 2.45) is 0 Å². The van der Waals surface area contributed by atoms with Gasteiger partial charge in [-0.25, -0.2) is 0 Å². The fourth-order valence-corrected chi connectivity index (χ4v) is 3.02. The standard InChI is InChI=1S/C11H20S2/c1(2-4-6-10-8-12-10)3-5-7-11-9-13-11/h10-11H,1-9H2. The van der Waals surface area contributed by atoms with Crippen molar-refractivity contribution in [1.29, 1.82) is 0 Å². The van der Waals surface area contributed by atoms with Crippen LogP contribution < -0.4 is 0 Å². The third-order valence-electron chi connectivity index (χ3n) is 2.86. The van der Waals surface area contributed by atoms with Crippen LogP contribution >= 0.6 is 23.5 Å². The first-order valence-corrected chi connectivity index (χ1v) is 7.78. The van der Waals surface area contributed by atoms with E-state index in [-0.39, 0.29) is 0 Å². The lowest BCUT2D eigenvalue weighted by Crippen LogP contribution is -1.86. The monoisotopic (exact) mass is 216 g/mol. The van der Waals surface area contributed by atoms with Gasteiger partial charge in [0.25, 0.3) is 0 Å². The van der Waals surface area contributed by atoms with Gasteiger partial charge in [0.1, 0.15) is 0 Å². The summed E-state index contributed by atoms with van der Waals surface area (Å²) in [5.41, 5.74) is 0. The number of rotatable bonds is 8. The van der Waals surface area contributed by atoms with Gasteiger partial charge in [0, 0.05) is 22.0 Å². The van der Waals surface area contributed by atoms with Crippen molar-refractivity contribution in [2.45, 2.75) is 55.4 Å². The molecular formula is C11H20S2. The van der Waals surface area contributed by atoms with Crippen LogP contribution in [0.4, 0.5) is 0 Å². The average molecular weight is 216 g/mol. The molecule has 0 nitrogen and oxygen atoms in total. The zero-order chi connectivity index (χ0) is 8.93. The van der Waals surface area contributed by atoms with Crippen molar-refractivity contribution in [3.05, 3.63) is 0 Å². The minimum absolute atomic E-state index is 1.07. The van der Waals surface area contributed by atoms with Crippen molar-refractivity contribution in [3.63, 3.8) is 0 Å². The lowest BCUT2D eigenvalue weighted by molar-refractivity contribution is 0.589. The predicted octanol–water partition coefficient (Wildman–Crippen LogP) is 3.95. The normalized spacial score (nSPS) is 30.5. The van der Waals surface area contributed by atoms with Crippen LogP contribution in [0.2, 0.25) is 0 Å². The molecule has 0 aromatic rings. The third-order valence-corrected chi connectivity index (χ3v) is 4.94. The van der Waals surface area contributed by atoms with Crippen LogP contribution in [0.15, 0.2) is 0 Å². The SMILES string of the molecule is C(CCCC1CS1)CCCC1CS1. The molecule has 2 aliphatic heterocycles. The Labute approximate surface area is 90.6 Å². The number of thioether (sulfide) groups is 2. The molecule has 0 amide bonds. The second-order valence-corrected chi connectivity index (χ2v) is 6.92. The van der Waals surface area contributed by atoms with Crippen molar-refractivity contribution in [2.75, 3.05) is 11.5 Å². The quantitative estimate of drug-likeness (QED) is 0.445. The molecule has 2 heterocycles. The van der Waals surface area contributed by atoms with E-state index < -0.39 is 0 Å². The van der Waals surface area contributed by atoms with Gasteiger partial charge in [-0.15, -0.1) is 0 Å². The van der Waals surface area contributed by atoms with Crippen molar-refractivity contribution < 1.29 is 0 Å². The van der Waals surface area contributed by atoms with Crippen molar-refractivity contribution >= 4 is 23.5 Å². The molecule has 2 saturated heterocycles. The highest BCUT2D eigenvalue weighted by Crippen LogP contribution is 2.35. The molecule has 76 valence electrons. The van der Waals surface area contributed by atoms with E-state index in [2.05, 4.69) is 23.5 Å². The molecule has 0 aliphatic carbocycles. The van der Waals surface area contributed by atoms with E-state index in [1.165, 1.54) is 56.5 Å². The minimum atomic E-state index is 1.07. The van der Waals surface area contributed by atoms with Crippen LogP contribution in [0.1, 0.15) is 44.9 Å². The number of hydrogen-bond donors (Lipinski definition) is 0. The molecule has 0 N–H and O–H groups in total. The van der Waals surface area contributed by atoms with Crippen LogP contribution in [-0.2, 0) is 0 Å². The Balaban J connectivity index is 1.28. The van der Waals surface area contributed by atoms with E-state index in [1.807, 2.05) is 0 Å². The van der Waals surface area contributed by atoms with Gasteiger partial charge in [0.05, 0.1) is 0 Å². The number of unbranched alkanes of at least 4 members (excludes halogenated alkanes) is 4. The zero-order valence-electron chi connectivity index (χ0n) is 8.34. The van der Waals surface area contributed by atoms with Gasteiger partial charge >= 0.3 is 0 Å². The van der Waals surface area contributed by atoms with Crippen LogP contribution in [0.25, 0.3) is 0 Å². The zero-order valence-corrected chi connectivity index (χ0v) is 9.97. The van der Waals surface area contributed by atoms with Crippen LogP contribution in [-0.4, -0.2) is 22.0 Å². The summed E-state index contributed by atoms with van der Waals surface area (Å²) >= 11 is 4.29. The molecule has 2 heteroatoms. The smallest absolute Gasteiger partial charge is 0.0138 e. The van der Waals surface area contributed by atoms with E-state index in [0.717, 1.165) is 10.5 Å². The Morgan fingerprint density at radius 2 is 1.08 bits per heavy atom. The summed E-state index contributed by atoms with van der Waals surface area (Å²) < 4.78 is 0. The number of hydrogen-bond acceptors (Lipinski definition) is 2. The molecule has 13 heavy (non-hydrogen) atoms. The first kappa shape index (κ1) is 10.2. The van der Waals surface area contributed by atoms with Gasteiger partial charge in [-0.2, -0.15) is 23.5 Å². The topological polar surface area (TPSA) is 0 Å². The lowest BCUT2D eigenvalue weighted by atomic mass is 10.1. The van der Waals surface area contributed by atoms with Crippen LogP contribution in [0.5, 0.6) is 0 Å². The molecule has 2 atom stereocenters. The Kier molecular flexibility index (Phi) is 4.36. The molecule has 2 unspecified atom stereocenters. The molecule has 2 rings (SSSR count). The van der Waals surface area contributed by atoms with Crippen molar-refractivity contribution in [1.82, 2.24) is 0 Å². The summed E-state index contributed by atoms with van der Waals surface area (Å²) in [6.07, 6.45) is 10.5. The summed E-state index contributed by atoms with van der Waals surface area (Å²) in [5, 5.41) is 2.14. The molecule has 0 spiro atoms. The van der Waals surface area contributed by atoms with Gasteiger partial charge in [0.2, 0.25) is 0 Å². The summed E-state index contributed by atoms with van der Waals surface area (Å²) in [4.78, 5) is 0. The maximum Gasteiger partial charge on any atom is 0.0138 e. The van der Waals surface area contributed by atoms with Crippen molar-refractivity contribution in [3.8, 4) is 0 Å². The van der Waals surface area contributed by atoms with Gasteiger partial charge in [-0.1, -0.05) is 32.1 Å². The van der Waals surface area contributed by atoms with Gasteiger partial charge in [-0.05, 0) is 12.8 Å². The molecule has 2 fully saturated rings. The summed E-state index contributed by atoms with van der Waals surface area (Å²) in [6, 6.07) is 0. The molecular weight excluding hydrogens is 196 g/mol. The molecule has 0 aromatic heterocycles. The summed E-state index contributed by atoms with van der Waals surface area (Å²) in [5.74, 6) is 2.91. The Hall–Kier alpha value is 0.700. The first-order valence-electron chi connectivity index (χ1n) is 5.68. The minimum Gasteiger partial charge on any atom is -0.157 e. The van der Waals surface area contributed by atoms with Gasteiger partial charge in [0.15, 0.2) is 0 Å². The van der Waals surface area contributed by atoms with Crippen LogP contribution in [0, 0.1) is 0 Å². The summed E-state index contributed by atoms with van der Waals surface area (Å²) in [7, 11) is 0. The Morgan fingerprint density at radius 1 is 0.692 bits per heavy atom. The molecule has 0 radical (unpaired) electrons. The predicted molar refractivity (Wildman–Crippen MR) is 64.8 cm³/mol. The maximum absolute atomic E-state index is 2.15. The van der Waals surface area contributed by atoms with E-state index in [9.17, 15) is 0 Å². The van der Waals surface area contributed by atoms with E-state index >= 15 is 0 Å². The van der Waals surface area contributed by atoms with Crippen LogP contribution in [0.3, 0.4) is 0 Å². The van der Waals surface area contributed by atoms with E-state index in [1.54, 1.807) is 0 Å². The molecule has 0 aromatic carbocycles. The molecule has 0 saturated carbocycles. The fraction of sp³-hybridized carbons (Fsp3) is 1.00. The highest BCUT2D eigenvalue weighted by Gasteiger charge is 2.21. The van der Waals surface area contributed by atoms with E-state index in [4.69, 9.17) is 0 Å². The fourth-order valence-electron chi connectivity index (χ4n) is 1.74. The second kappa shape index (κ2) is 5.55. The average Bonchev–Trinajstić information content (AvgIpc) is 2.99. The Morgan fingerprint density at radius 3 is 1.46 bits per heavy atom. The Bertz CT molecular complexity index is 123. The third kappa shape index (κ3) is 5.21. The first-order chi connectivity index (χ1) is 6.45. The second-order valence-electron chi connectivity index (χ2n) is 4.26. The molecule has 0 bridgehead atoms. The van der Waals surface area contributed by atoms with Gasteiger partial charge < -0.3 is 0 Å². The maximum atomic E-state index is 2.15.